The van der Waals surface area contributed by atoms with Crippen molar-refractivity contribution in [3.63, 3.8) is 0 Å². The van der Waals surface area contributed by atoms with Gasteiger partial charge in [-0.25, -0.2) is 0 Å². The fourth-order valence-electron chi connectivity index (χ4n) is 2.41. The number of carbonyl (C=O) groups is 1. The van der Waals surface area contributed by atoms with Crippen LogP contribution in [-0.4, -0.2) is 12.1 Å². The van der Waals surface area contributed by atoms with E-state index in [1.807, 2.05) is 6.92 Å². The molecule has 0 spiro atoms. The first-order valence-corrected chi connectivity index (χ1v) is 8.28. The van der Waals surface area contributed by atoms with Crippen molar-refractivity contribution < 1.29 is 22.7 Å². The number of nitrogens with one attached hydrogen (secondary N) is 1. The van der Waals surface area contributed by atoms with Gasteiger partial charge < -0.3 is 10.1 Å². The number of hydrogen-bond donors (Lipinski definition) is 1. The maximum atomic E-state index is 12.7. The van der Waals surface area contributed by atoms with Crippen LogP contribution in [0, 0.1) is 6.92 Å². The van der Waals surface area contributed by atoms with Gasteiger partial charge in [-0.3, -0.25) is 9.79 Å². The topological polar surface area (TPSA) is 50.7 Å². The van der Waals surface area contributed by atoms with E-state index in [-0.39, 0.29) is 18.2 Å². The highest BCUT2D eigenvalue weighted by Gasteiger charge is 2.30. The summed E-state index contributed by atoms with van der Waals surface area (Å²) in [6.45, 7) is 9.05. The van der Waals surface area contributed by atoms with Crippen LogP contribution in [0.2, 0.25) is 0 Å². The minimum atomic E-state index is -4.41. The molecule has 0 saturated heterocycles. The van der Waals surface area contributed by atoms with Crippen LogP contribution in [0.15, 0.2) is 66.8 Å². The molecular weight excluding hydrogens is 369 g/mol. The Hall–Kier alpha value is -3.35. The third-order valence-corrected chi connectivity index (χ3v) is 3.94. The number of alkyl halides is 3. The largest absolute Gasteiger partial charge is 0.457 e. The van der Waals surface area contributed by atoms with E-state index in [0.29, 0.717) is 11.3 Å². The standard InChI is InChI=1S/C21H19F3N2O2/c1-4-20(27)26-12-15-6-11-19(18(14(15)3)13-25-5-2)28-17-9-7-16(8-10-17)21(22,23)24/h4-11,13H,1-2,12H2,3H3,(H,26,27)/b25-13-. The molecule has 1 N–H and O–H groups in total. The summed E-state index contributed by atoms with van der Waals surface area (Å²) in [6, 6.07) is 7.86. The molecule has 28 heavy (non-hydrogen) atoms. The summed E-state index contributed by atoms with van der Waals surface area (Å²) in [5.74, 6) is 0.376. The van der Waals surface area contributed by atoms with Gasteiger partial charge in [0, 0.05) is 24.5 Å². The van der Waals surface area contributed by atoms with Gasteiger partial charge in [0.25, 0.3) is 0 Å². The van der Waals surface area contributed by atoms with Crippen LogP contribution in [0.25, 0.3) is 0 Å². The summed E-state index contributed by atoms with van der Waals surface area (Å²) in [4.78, 5) is 15.4. The van der Waals surface area contributed by atoms with E-state index >= 15 is 0 Å². The molecule has 0 fully saturated rings. The van der Waals surface area contributed by atoms with Gasteiger partial charge in [-0.15, -0.1) is 0 Å². The Balaban J connectivity index is 2.33. The van der Waals surface area contributed by atoms with Crippen LogP contribution < -0.4 is 10.1 Å². The van der Waals surface area contributed by atoms with E-state index in [0.717, 1.165) is 23.3 Å². The normalized spacial score (nSPS) is 11.3. The molecule has 0 radical (unpaired) electrons. The predicted molar refractivity (Wildman–Crippen MR) is 103 cm³/mol. The number of nitrogens with zero attached hydrogens (tertiary/aromatic N) is 1. The van der Waals surface area contributed by atoms with Crippen molar-refractivity contribution in [1.29, 1.82) is 0 Å². The highest BCUT2D eigenvalue weighted by Crippen LogP contribution is 2.33. The lowest BCUT2D eigenvalue weighted by Crippen LogP contribution is -2.20. The molecule has 2 aromatic rings. The van der Waals surface area contributed by atoms with E-state index < -0.39 is 11.7 Å². The molecule has 2 aromatic carbocycles. The summed E-state index contributed by atoms with van der Waals surface area (Å²) in [6.07, 6.45) is -0.333. The zero-order valence-corrected chi connectivity index (χ0v) is 15.2. The van der Waals surface area contributed by atoms with Crippen LogP contribution in [0.3, 0.4) is 0 Å². The second-order valence-corrected chi connectivity index (χ2v) is 5.77. The van der Waals surface area contributed by atoms with Gasteiger partial charge in [-0.2, -0.15) is 13.2 Å². The number of ether oxygens (including phenoxy) is 1. The minimum absolute atomic E-state index is 0.258. The molecule has 0 heterocycles. The molecule has 7 heteroatoms. The van der Waals surface area contributed by atoms with Crippen molar-refractivity contribution >= 4 is 12.1 Å². The zero-order valence-electron chi connectivity index (χ0n) is 15.2. The SMILES string of the molecule is C=C/N=C\c1c(Oc2ccc(C(F)(F)F)cc2)ccc(CNC(=O)C=C)c1C. The Morgan fingerprint density at radius 2 is 1.86 bits per heavy atom. The molecule has 0 aliphatic heterocycles. The minimum Gasteiger partial charge on any atom is -0.457 e. The lowest BCUT2D eigenvalue weighted by molar-refractivity contribution is -0.137. The lowest BCUT2D eigenvalue weighted by atomic mass is 10.0. The molecule has 0 saturated carbocycles. The maximum Gasteiger partial charge on any atom is 0.416 e. The number of halogens is 3. The summed E-state index contributed by atoms with van der Waals surface area (Å²) < 4.78 is 43.9. The summed E-state index contributed by atoms with van der Waals surface area (Å²) in [5, 5.41) is 2.69. The number of carbonyl (C=O) groups excluding carboxylic acids is 1. The number of amides is 1. The Labute approximate surface area is 161 Å². The van der Waals surface area contributed by atoms with Crippen LogP contribution in [-0.2, 0) is 17.5 Å². The Morgan fingerprint density at radius 1 is 1.18 bits per heavy atom. The fourth-order valence-corrected chi connectivity index (χ4v) is 2.41. The fraction of sp³-hybridized carbons (Fsp3) is 0.143. The highest BCUT2D eigenvalue weighted by atomic mass is 19.4. The van der Waals surface area contributed by atoms with Gasteiger partial charge in [0.2, 0.25) is 5.91 Å². The van der Waals surface area contributed by atoms with E-state index in [1.165, 1.54) is 24.4 Å². The highest BCUT2D eigenvalue weighted by molar-refractivity contribution is 5.88. The second kappa shape index (κ2) is 9.03. The van der Waals surface area contributed by atoms with Gasteiger partial charge in [-0.05, 0) is 54.5 Å². The van der Waals surface area contributed by atoms with Crippen molar-refractivity contribution in [1.82, 2.24) is 5.32 Å². The van der Waals surface area contributed by atoms with Crippen LogP contribution in [0.4, 0.5) is 13.2 Å². The molecule has 2 rings (SSSR count). The van der Waals surface area contributed by atoms with Crippen molar-refractivity contribution in [2.75, 3.05) is 0 Å². The zero-order chi connectivity index (χ0) is 20.7. The first-order chi connectivity index (χ1) is 13.3. The molecule has 4 nitrogen and oxygen atoms in total. The van der Waals surface area contributed by atoms with Gasteiger partial charge in [-0.1, -0.05) is 19.2 Å². The maximum absolute atomic E-state index is 12.7. The van der Waals surface area contributed by atoms with E-state index in [1.54, 1.807) is 18.3 Å². The quantitative estimate of drug-likeness (QED) is 0.525. The second-order valence-electron chi connectivity index (χ2n) is 5.77. The van der Waals surface area contributed by atoms with Crippen LogP contribution >= 0.6 is 0 Å². The van der Waals surface area contributed by atoms with Crippen LogP contribution in [0.5, 0.6) is 11.5 Å². The van der Waals surface area contributed by atoms with E-state index in [4.69, 9.17) is 4.74 Å². The van der Waals surface area contributed by atoms with Gasteiger partial charge in [0.1, 0.15) is 11.5 Å². The van der Waals surface area contributed by atoms with Crippen molar-refractivity contribution in [3.05, 3.63) is 84.1 Å². The molecule has 0 aliphatic carbocycles. The Kier molecular flexibility index (Phi) is 6.76. The Bertz CT molecular complexity index is 901. The monoisotopic (exact) mass is 388 g/mol. The van der Waals surface area contributed by atoms with Gasteiger partial charge in [0.05, 0.1) is 5.56 Å². The molecule has 1 amide bonds. The molecule has 0 aliphatic rings. The average molecular weight is 388 g/mol. The molecule has 0 bridgehead atoms. The van der Waals surface area contributed by atoms with Crippen LogP contribution in [0.1, 0.15) is 22.3 Å². The number of benzene rings is 2. The molecule has 146 valence electrons. The summed E-state index contributed by atoms with van der Waals surface area (Å²) in [5.41, 5.74) is 1.52. The first kappa shape index (κ1) is 21.0. The predicted octanol–water partition coefficient (Wildman–Crippen LogP) is 5.17. The number of hydrogen-bond acceptors (Lipinski definition) is 3. The Morgan fingerprint density at radius 3 is 2.43 bits per heavy atom. The van der Waals surface area contributed by atoms with E-state index in [2.05, 4.69) is 23.5 Å². The van der Waals surface area contributed by atoms with Crippen molar-refractivity contribution in [2.24, 2.45) is 4.99 Å². The van der Waals surface area contributed by atoms with E-state index in [9.17, 15) is 18.0 Å². The lowest BCUT2D eigenvalue weighted by Gasteiger charge is -2.15. The molecular formula is C21H19F3N2O2. The summed E-state index contributed by atoms with van der Waals surface area (Å²) >= 11 is 0. The average Bonchev–Trinajstić information content (AvgIpc) is 2.66. The molecule has 0 unspecified atom stereocenters. The summed E-state index contributed by atoms with van der Waals surface area (Å²) in [7, 11) is 0. The number of aliphatic imine (C=N–C) groups is 1. The number of rotatable bonds is 7. The molecule has 0 atom stereocenters. The van der Waals surface area contributed by atoms with Crippen molar-refractivity contribution in [2.45, 2.75) is 19.6 Å². The first-order valence-electron chi connectivity index (χ1n) is 8.28. The third-order valence-electron chi connectivity index (χ3n) is 3.94. The molecule has 0 aromatic heterocycles. The third kappa shape index (κ3) is 5.33. The van der Waals surface area contributed by atoms with Crippen molar-refractivity contribution in [3.8, 4) is 11.5 Å². The van der Waals surface area contributed by atoms with Gasteiger partial charge in [0.15, 0.2) is 0 Å². The smallest absolute Gasteiger partial charge is 0.416 e. The van der Waals surface area contributed by atoms with Gasteiger partial charge >= 0.3 is 6.18 Å².